The molecule has 3 rings (SSSR count). The molecular formula is C21H20N2O3S. The van der Waals surface area contributed by atoms with Crippen LogP contribution in [0.5, 0.6) is 5.75 Å². The highest BCUT2D eigenvalue weighted by atomic mass is 32.1. The SMILES string of the molecule is CCOc1ccc(/C=C2\C(=O)NC(=S)N(c3cc(C)ccc3C)C2=O)cc1. The van der Waals surface area contributed by atoms with Crippen molar-refractivity contribution in [1.29, 1.82) is 0 Å². The molecule has 1 saturated heterocycles. The first-order valence-corrected chi connectivity index (χ1v) is 9.03. The van der Waals surface area contributed by atoms with Gasteiger partial charge in [-0.1, -0.05) is 24.3 Å². The summed E-state index contributed by atoms with van der Waals surface area (Å²) < 4.78 is 5.41. The lowest BCUT2D eigenvalue weighted by atomic mass is 10.0. The number of amides is 2. The molecule has 6 heteroatoms. The Labute approximate surface area is 163 Å². The number of carbonyl (C=O) groups is 2. The topological polar surface area (TPSA) is 58.6 Å². The summed E-state index contributed by atoms with van der Waals surface area (Å²) in [5.74, 6) is -0.205. The lowest BCUT2D eigenvalue weighted by Gasteiger charge is -2.30. The summed E-state index contributed by atoms with van der Waals surface area (Å²) in [6.45, 7) is 6.32. The van der Waals surface area contributed by atoms with Gasteiger partial charge < -0.3 is 4.74 Å². The number of hydrogen-bond acceptors (Lipinski definition) is 4. The normalized spacial score (nSPS) is 15.9. The van der Waals surface area contributed by atoms with Crippen molar-refractivity contribution < 1.29 is 14.3 Å². The maximum absolute atomic E-state index is 13.1. The Kier molecular flexibility index (Phi) is 5.37. The second kappa shape index (κ2) is 7.72. The Morgan fingerprint density at radius 2 is 1.81 bits per heavy atom. The smallest absolute Gasteiger partial charge is 0.270 e. The van der Waals surface area contributed by atoms with Crippen LogP contribution in [0.15, 0.2) is 48.0 Å². The molecule has 0 atom stereocenters. The summed E-state index contributed by atoms with van der Waals surface area (Å²) in [5, 5.41) is 2.70. The molecule has 2 aromatic carbocycles. The zero-order valence-corrected chi connectivity index (χ0v) is 16.2. The molecule has 1 aliphatic rings. The van der Waals surface area contributed by atoms with Gasteiger partial charge in [-0.2, -0.15) is 0 Å². The van der Waals surface area contributed by atoms with Crippen molar-refractivity contribution in [2.24, 2.45) is 0 Å². The average Bonchev–Trinajstić information content (AvgIpc) is 2.63. The first-order chi connectivity index (χ1) is 12.9. The molecule has 0 unspecified atom stereocenters. The molecule has 0 spiro atoms. The Bertz CT molecular complexity index is 948. The van der Waals surface area contributed by atoms with E-state index in [1.807, 2.05) is 39.0 Å². The number of aryl methyl sites for hydroxylation is 2. The molecule has 1 N–H and O–H groups in total. The molecule has 1 heterocycles. The number of ether oxygens (including phenoxy) is 1. The minimum atomic E-state index is -0.500. The fourth-order valence-corrected chi connectivity index (χ4v) is 3.10. The lowest BCUT2D eigenvalue weighted by Crippen LogP contribution is -2.54. The van der Waals surface area contributed by atoms with Crippen LogP contribution in [0.25, 0.3) is 6.08 Å². The zero-order chi connectivity index (χ0) is 19.6. The minimum Gasteiger partial charge on any atom is -0.494 e. The van der Waals surface area contributed by atoms with Gasteiger partial charge in [0.2, 0.25) is 0 Å². The fourth-order valence-electron chi connectivity index (χ4n) is 2.83. The van der Waals surface area contributed by atoms with Crippen LogP contribution in [0, 0.1) is 13.8 Å². The van der Waals surface area contributed by atoms with Crippen LogP contribution < -0.4 is 15.0 Å². The molecule has 138 valence electrons. The van der Waals surface area contributed by atoms with Gasteiger partial charge in [0.25, 0.3) is 11.8 Å². The average molecular weight is 380 g/mol. The number of thiocarbonyl (C=S) groups is 1. The van der Waals surface area contributed by atoms with Gasteiger partial charge in [0.1, 0.15) is 11.3 Å². The Hall–Kier alpha value is -2.99. The molecule has 2 aromatic rings. The van der Waals surface area contributed by atoms with E-state index in [1.165, 1.54) is 4.90 Å². The molecule has 5 nitrogen and oxygen atoms in total. The van der Waals surface area contributed by atoms with Gasteiger partial charge in [-0.3, -0.25) is 19.8 Å². The summed E-state index contributed by atoms with van der Waals surface area (Å²) in [4.78, 5) is 26.8. The number of anilines is 1. The van der Waals surface area contributed by atoms with E-state index in [4.69, 9.17) is 17.0 Å². The van der Waals surface area contributed by atoms with Crippen molar-refractivity contribution in [3.8, 4) is 5.75 Å². The van der Waals surface area contributed by atoms with E-state index in [-0.39, 0.29) is 10.7 Å². The predicted molar refractivity (Wildman–Crippen MR) is 110 cm³/mol. The minimum absolute atomic E-state index is 0.0358. The molecule has 27 heavy (non-hydrogen) atoms. The number of rotatable bonds is 4. The van der Waals surface area contributed by atoms with Crippen LogP contribution in [0.4, 0.5) is 5.69 Å². The van der Waals surface area contributed by atoms with Gasteiger partial charge in [0.15, 0.2) is 5.11 Å². The van der Waals surface area contributed by atoms with Gasteiger partial charge in [0.05, 0.1) is 12.3 Å². The number of nitrogens with one attached hydrogen (secondary N) is 1. The van der Waals surface area contributed by atoms with Crippen molar-refractivity contribution in [3.05, 3.63) is 64.7 Å². The van der Waals surface area contributed by atoms with E-state index in [0.717, 1.165) is 22.4 Å². The molecule has 0 radical (unpaired) electrons. The van der Waals surface area contributed by atoms with E-state index in [9.17, 15) is 9.59 Å². The van der Waals surface area contributed by atoms with Gasteiger partial charge in [-0.25, -0.2) is 0 Å². The number of hydrogen-bond donors (Lipinski definition) is 1. The number of carbonyl (C=O) groups excluding carboxylic acids is 2. The van der Waals surface area contributed by atoms with Crippen LogP contribution in [-0.4, -0.2) is 23.5 Å². The van der Waals surface area contributed by atoms with Crippen molar-refractivity contribution in [2.45, 2.75) is 20.8 Å². The lowest BCUT2D eigenvalue weighted by molar-refractivity contribution is -0.122. The molecule has 2 amide bonds. The van der Waals surface area contributed by atoms with Crippen molar-refractivity contribution in [1.82, 2.24) is 5.32 Å². The molecule has 0 aliphatic carbocycles. The Morgan fingerprint density at radius 3 is 2.48 bits per heavy atom. The standard InChI is InChI=1S/C21H20N2O3S/c1-4-26-16-9-7-15(8-10-16)12-17-19(24)22-21(27)23(20(17)25)18-11-13(2)5-6-14(18)3/h5-12H,4H2,1-3H3,(H,22,24,27)/b17-12+. The fraction of sp³-hybridized carbons (Fsp3) is 0.190. The third-order valence-corrected chi connectivity index (χ3v) is 4.49. The van der Waals surface area contributed by atoms with E-state index in [0.29, 0.717) is 12.3 Å². The van der Waals surface area contributed by atoms with Gasteiger partial charge in [-0.05, 0) is 74.0 Å². The second-order valence-corrected chi connectivity index (χ2v) is 6.64. The van der Waals surface area contributed by atoms with Crippen molar-refractivity contribution in [3.63, 3.8) is 0 Å². The molecule has 0 saturated carbocycles. The second-order valence-electron chi connectivity index (χ2n) is 6.25. The largest absolute Gasteiger partial charge is 0.494 e. The Balaban J connectivity index is 1.98. The van der Waals surface area contributed by atoms with Crippen LogP contribution in [0.3, 0.4) is 0 Å². The molecular weight excluding hydrogens is 360 g/mol. The maximum Gasteiger partial charge on any atom is 0.270 e. The first kappa shape index (κ1) is 18.8. The summed E-state index contributed by atoms with van der Waals surface area (Å²) in [6.07, 6.45) is 1.56. The third-order valence-electron chi connectivity index (χ3n) is 4.21. The summed E-state index contributed by atoms with van der Waals surface area (Å²) in [6, 6.07) is 13.0. The van der Waals surface area contributed by atoms with Crippen molar-refractivity contribution >= 4 is 40.9 Å². The number of benzene rings is 2. The van der Waals surface area contributed by atoms with Gasteiger partial charge in [-0.15, -0.1) is 0 Å². The zero-order valence-electron chi connectivity index (χ0n) is 15.4. The highest BCUT2D eigenvalue weighted by Crippen LogP contribution is 2.26. The molecule has 0 bridgehead atoms. The maximum atomic E-state index is 13.1. The van der Waals surface area contributed by atoms with E-state index in [1.54, 1.807) is 30.3 Å². The predicted octanol–water partition coefficient (Wildman–Crippen LogP) is 3.53. The van der Waals surface area contributed by atoms with Crippen molar-refractivity contribution in [2.75, 3.05) is 11.5 Å². The van der Waals surface area contributed by atoms with E-state index < -0.39 is 11.8 Å². The van der Waals surface area contributed by atoms with Gasteiger partial charge in [0, 0.05) is 0 Å². The van der Waals surface area contributed by atoms with E-state index in [2.05, 4.69) is 5.32 Å². The Morgan fingerprint density at radius 1 is 1.11 bits per heavy atom. The third kappa shape index (κ3) is 3.90. The molecule has 0 aromatic heterocycles. The van der Waals surface area contributed by atoms with Crippen LogP contribution >= 0.6 is 12.2 Å². The highest BCUT2D eigenvalue weighted by molar-refractivity contribution is 7.80. The monoisotopic (exact) mass is 380 g/mol. The van der Waals surface area contributed by atoms with Crippen LogP contribution in [0.1, 0.15) is 23.6 Å². The quantitative estimate of drug-likeness (QED) is 0.501. The molecule has 1 fully saturated rings. The highest BCUT2D eigenvalue weighted by Gasteiger charge is 2.35. The first-order valence-electron chi connectivity index (χ1n) is 8.62. The van der Waals surface area contributed by atoms with Gasteiger partial charge >= 0.3 is 0 Å². The summed E-state index contributed by atoms with van der Waals surface area (Å²) in [5.41, 5.74) is 3.33. The van der Waals surface area contributed by atoms with Crippen LogP contribution in [0.2, 0.25) is 0 Å². The van der Waals surface area contributed by atoms with E-state index >= 15 is 0 Å². The van der Waals surface area contributed by atoms with Crippen LogP contribution in [-0.2, 0) is 9.59 Å². The molecule has 1 aliphatic heterocycles. The summed E-state index contributed by atoms with van der Waals surface area (Å²) >= 11 is 5.26. The number of nitrogens with zero attached hydrogens (tertiary/aromatic N) is 1. The summed E-state index contributed by atoms with van der Waals surface area (Å²) in [7, 11) is 0.